The first-order chi connectivity index (χ1) is 29.9. The molecule has 2 aromatic carbocycles. The van der Waals surface area contributed by atoms with Crippen LogP contribution in [0.1, 0.15) is 153 Å². The number of carbonyl (C=O) groups excluding carboxylic acids is 2. The fraction of sp³-hybridized carbons (Fsp3) is 0.640. The zero-order chi connectivity index (χ0) is 45.2. The number of esters is 2. The first kappa shape index (κ1) is 54.7. The first-order valence-electron chi connectivity index (χ1n) is 23.5. The van der Waals surface area contributed by atoms with Gasteiger partial charge in [0.15, 0.2) is 0 Å². The molecule has 0 N–H and O–H groups in total. The van der Waals surface area contributed by atoms with Crippen LogP contribution in [0.3, 0.4) is 0 Å². The fourth-order valence-corrected chi connectivity index (χ4v) is 7.29. The van der Waals surface area contributed by atoms with Crippen LogP contribution >= 0.6 is 7.82 Å². The van der Waals surface area contributed by atoms with Gasteiger partial charge in [0.1, 0.15) is 44.0 Å². The van der Waals surface area contributed by atoms with Gasteiger partial charge < -0.3 is 37.4 Å². The fourth-order valence-electron chi connectivity index (χ4n) is 6.43. The van der Waals surface area contributed by atoms with Crippen LogP contribution in [0.25, 0.3) is 12.2 Å². The van der Waals surface area contributed by atoms with Gasteiger partial charge in [-0.25, -0.2) is 9.59 Å². The maximum Gasteiger partial charge on any atom is 0.330 e. The number of quaternary nitrogens is 1. The molecule has 0 radical (unpaired) electrons. The summed E-state index contributed by atoms with van der Waals surface area (Å²) in [6, 6.07) is 14.7. The van der Waals surface area contributed by atoms with Crippen molar-refractivity contribution in [3.8, 4) is 11.5 Å². The van der Waals surface area contributed by atoms with Crippen molar-refractivity contribution in [2.45, 2.75) is 148 Å². The van der Waals surface area contributed by atoms with Gasteiger partial charge in [-0.05, 0) is 60.4 Å². The Hall–Kier alpha value is -3.47. The Morgan fingerprint density at radius 2 is 0.919 bits per heavy atom. The Balaban J connectivity index is 1.79. The molecule has 0 aliphatic rings. The van der Waals surface area contributed by atoms with E-state index in [2.05, 4.69) is 13.8 Å². The highest BCUT2D eigenvalue weighted by Gasteiger charge is 2.22. The van der Waals surface area contributed by atoms with E-state index in [1.54, 1.807) is 12.2 Å². The number of hydrogen-bond acceptors (Lipinski definition) is 10. The summed E-state index contributed by atoms with van der Waals surface area (Å²) >= 11 is 0. The Labute approximate surface area is 374 Å². The summed E-state index contributed by atoms with van der Waals surface area (Å²) in [6.45, 7) is 5.09. The number of phosphoric ester groups is 1. The highest BCUT2D eigenvalue weighted by molar-refractivity contribution is 7.45. The molecule has 350 valence electrons. The molecule has 0 heterocycles. The van der Waals surface area contributed by atoms with Crippen LogP contribution in [0.2, 0.25) is 0 Å². The predicted octanol–water partition coefficient (Wildman–Crippen LogP) is 11.7. The molecule has 0 spiro atoms. The smallest absolute Gasteiger partial charge is 0.330 e. The second-order valence-electron chi connectivity index (χ2n) is 17.1. The minimum absolute atomic E-state index is 0.117. The van der Waals surface area contributed by atoms with Crippen molar-refractivity contribution in [2.24, 2.45) is 0 Å². The normalized spacial score (nSPS) is 12.9. The van der Waals surface area contributed by atoms with Gasteiger partial charge in [0.2, 0.25) is 0 Å². The van der Waals surface area contributed by atoms with Crippen molar-refractivity contribution in [1.82, 2.24) is 0 Å². The molecule has 62 heavy (non-hydrogen) atoms. The van der Waals surface area contributed by atoms with Gasteiger partial charge in [-0.3, -0.25) is 4.57 Å². The largest absolute Gasteiger partial charge is 0.756 e. The monoisotopic (exact) mass is 886 g/mol. The Morgan fingerprint density at radius 3 is 1.27 bits per heavy atom. The lowest BCUT2D eigenvalue weighted by molar-refractivity contribution is -0.870. The average Bonchev–Trinajstić information content (AvgIpc) is 3.24. The minimum atomic E-state index is -4.84. The van der Waals surface area contributed by atoms with E-state index >= 15 is 0 Å². The highest BCUT2D eigenvalue weighted by atomic mass is 31.2. The number of nitrogens with zero attached hydrogens (tertiary/aromatic N) is 1. The lowest BCUT2D eigenvalue weighted by atomic mass is 10.1. The van der Waals surface area contributed by atoms with Crippen molar-refractivity contribution in [3.05, 3.63) is 71.8 Å². The van der Waals surface area contributed by atoms with Crippen molar-refractivity contribution < 1.29 is 51.5 Å². The van der Waals surface area contributed by atoms with Gasteiger partial charge in [-0.1, -0.05) is 154 Å². The van der Waals surface area contributed by atoms with Gasteiger partial charge in [0.05, 0.1) is 34.4 Å². The Morgan fingerprint density at radius 1 is 0.565 bits per heavy atom. The van der Waals surface area contributed by atoms with Crippen LogP contribution in [0, 0.1) is 0 Å². The quantitative estimate of drug-likeness (QED) is 0.0211. The number of phosphoric acid groups is 1. The molecule has 11 nitrogen and oxygen atoms in total. The molecule has 0 aromatic heterocycles. The third kappa shape index (κ3) is 30.6. The topological polar surface area (TPSA) is 130 Å². The number of ether oxygens (including phenoxy) is 4. The SMILES string of the molecule is CCCCCCCCCCCCOc1ccc(/C=C/C(=O)OCC(COC(=O)/C=C/c2ccc(OCCCCCCCCCCCC)cc2)OP(=O)([O-])OCC[N+](C)(C)C)cc1. The lowest BCUT2D eigenvalue weighted by Crippen LogP contribution is -2.38. The van der Waals surface area contributed by atoms with Crippen molar-refractivity contribution in [3.63, 3.8) is 0 Å². The zero-order valence-electron chi connectivity index (χ0n) is 38.9. The summed E-state index contributed by atoms with van der Waals surface area (Å²) in [7, 11) is 0.850. The molecule has 2 aromatic rings. The molecule has 1 atom stereocenters. The van der Waals surface area contributed by atoms with Crippen LogP contribution in [-0.4, -0.2) is 83.2 Å². The van der Waals surface area contributed by atoms with E-state index in [1.165, 1.54) is 115 Å². The Bertz CT molecular complexity index is 1460. The standard InChI is InChI=1S/C50H80NO10P/c1-6-8-10-12-14-16-18-20-22-24-39-56-46-32-26-44(27-33-46)30-36-49(52)58-42-48(61-62(54,55)60-41-38-51(3,4)5)43-59-50(53)37-31-45-28-34-47(35-29-45)57-40-25-23-21-19-17-15-13-11-9-7-2/h26-37,48H,6-25,38-43H2,1-5H3/b36-30+,37-31+. The molecule has 2 rings (SSSR count). The molecule has 0 bridgehead atoms. The van der Waals surface area contributed by atoms with Crippen LogP contribution < -0.4 is 14.4 Å². The van der Waals surface area contributed by atoms with Crippen molar-refractivity contribution in [1.29, 1.82) is 0 Å². The molecule has 0 fully saturated rings. The van der Waals surface area contributed by atoms with E-state index in [9.17, 15) is 19.0 Å². The molecule has 0 amide bonds. The number of unbranched alkanes of at least 4 members (excludes halogenated alkanes) is 18. The van der Waals surface area contributed by atoms with Crippen molar-refractivity contribution in [2.75, 3.05) is 60.7 Å². The molecular weight excluding hydrogens is 806 g/mol. The van der Waals surface area contributed by atoms with E-state index in [0.29, 0.717) is 24.2 Å². The van der Waals surface area contributed by atoms with Crippen LogP contribution in [0.15, 0.2) is 60.7 Å². The van der Waals surface area contributed by atoms with Crippen LogP contribution in [-0.2, 0) is 32.7 Å². The maximum atomic E-state index is 12.7. The van der Waals surface area contributed by atoms with E-state index in [1.807, 2.05) is 69.7 Å². The summed E-state index contributed by atoms with van der Waals surface area (Å²) in [6.07, 6.45) is 29.6. The van der Waals surface area contributed by atoms with Gasteiger partial charge in [0.25, 0.3) is 7.82 Å². The van der Waals surface area contributed by atoms with Crippen LogP contribution in [0.5, 0.6) is 11.5 Å². The summed E-state index contributed by atoms with van der Waals surface area (Å²) in [4.78, 5) is 38.0. The summed E-state index contributed by atoms with van der Waals surface area (Å²) in [5.41, 5.74) is 1.51. The van der Waals surface area contributed by atoms with Gasteiger partial charge in [-0.15, -0.1) is 0 Å². The van der Waals surface area contributed by atoms with Gasteiger partial charge >= 0.3 is 11.9 Å². The molecule has 0 aliphatic carbocycles. The molecule has 0 saturated carbocycles. The maximum absolute atomic E-state index is 12.7. The molecule has 0 aliphatic heterocycles. The van der Waals surface area contributed by atoms with E-state index in [4.69, 9.17) is 28.0 Å². The minimum Gasteiger partial charge on any atom is -0.756 e. The highest BCUT2D eigenvalue weighted by Crippen LogP contribution is 2.40. The summed E-state index contributed by atoms with van der Waals surface area (Å²) < 4.78 is 45.8. The van der Waals surface area contributed by atoms with Gasteiger partial charge in [0, 0.05) is 12.2 Å². The van der Waals surface area contributed by atoms with E-state index in [-0.39, 0.29) is 6.61 Å². The predicted molar refractivity (Wildman–Crippen MR) is 249 cm³/mol. The number of benzene rings is 2. The summed E-state index contributed by atoms with van der Waals surface area (Å²) in [5.74, 6) is 0.0592. The molecule has 12 heteroatoms. The van der Waals surface area contributed by atoms with Crippen molar-refractivity contribution >= 4 is 31.9 Å². The molecule has 0 saturated heterocycles. The number of rotatable bonds is 38. The van der Waals surface area contributed by atoms with Gasteiger partial charge in [-0.2, -0.15) is 0 Å². The number of hydrogen-bond donors (Lipinski definition) is 0. The first-order valence-corrected chi connectivity index (χ1v) is 24.9. The third-order valence-corrected chi connectivity index (χ3v) is 11.3. The molecular formula is C50H80NO10P. The van der Waals surface area contributed by atoms with Crippen LogP contribution in [0.4, 0.5) is 0 Å². The lowest BCUT2D eigenvalue weighted by Gasteiger charge is -2.29. The van der Waals surface area contributed by atoms with E-state index in [0.717, 1.165) is 48.3 Å². The second kappa shape index (κ2) is 34.0. The molecule has 1 unspecified atom stereocenters. The number of carbonyl (C=O) groups is 2. The second-order valence-corrected chi connectivity index (χ2v) is 18.5. The average molecular weight is 886 g/mol. The van der Waals surface area contributed by atoms with E-state index < -0.39 is 39.1 Å². The zero-order valence-corrected chi connectivity index (χ0v) is 39.8. The number of likely N-dealkylation sites (N-methyl/N-ethyl adjacent to an activating group) is 1. The third-order valence-electron chi connectivity index (χ3n) is 10.2. The summed E-state index contributed by atoms with van der Waals surface area (Å²) in [5, 5.41) is 0. The Kier molecular flexibility index (Phi) is 30.0.